The summed E-state index contributed by atoms with van der Waals surface area (Å²) in [6, 6.07) is 0.909. The number of nitrogens with one attached hydrogen (secondary N) is 1. The van der Waals surface area contributed by atoms with Gasteiger partial charge in [0.15, 0.2) is 5.69 Å². The maximum atomic E-state index is 13.0. The number of rotatable bonds is 2. The Morgan fingerprint density at radius 1 is 1.08 bits per heavy atom. The van der Waals surface area contributed by atoms with Gasteiger partial charge in [-0.15, -0.1) is 5.10 Å². The van der Waals surface area contributed by atoms with Crippen molar-refractivity contribution in [2.24, 2.45) is 0 Å². The largest absolute Gasteiger partial charge is 0.334 e. The van der Waals surface area contributed by atoms with Crippen molar-refractivity contribution in [3.8, 4) is 0 Å². The first kappa shape index (κ1) is 16.0. The molecule has 24 heavy (non-hydrogen) atoms. The van der Waals surface area contributed by atoms with Gasteiger partial charge in [-0.2, -0.15) is 0 Å². The molecule has 0 radical (unpaired) electrons. The zero-order valence-corrected chi connectivity index (χ0v) is 14.6. The fourth-order valence-corrected chi connectivity index (χ4v) is 4.43. The second kappa shape index (κ2) is 6.80. The average Bonchev–Trinajstić information content (AvgIpc) is 3.03. The van der Waals surface area contributed by atoms with E-state index in [1.54, 1.807) is 0 Å². The van der Waals surface area contributed by atoms with Crippen molar-refractivity contribution in [3.05, 3.63) is 11.4 Å². The molecule has 3 fully saturated rings. The fraction of sp³-hybridized carbons (Fsp3) is 0.824. The zero-order chi connectivity index (χ0) is 16.5. The lowest BCUT2D eigenvalue weighted by molar-refractivity contribution is 0.0367. The topological polar surface area (TPSA) is 66.3 Å². The van der Waals surface area contributed by atoms with Crippen LogP contribution in [0.3, 0.4) is 0 Å². The van der Waals surface area contributed by atoms with E-state index >= 15 is 0 Å². The minimum Gasteiger partial charge on any atom is -0.334 e. The van der Waals surface area contributed by atoms with Crippen molar-refractivity contribution >= 4 is 5.91 Å². The van der Waals surface area contributed by atoms with Crippen LogP contribution in [0.1, 0.15) is 54.3 Å². The molecule has 3 aliphatic heterocycles. The van der Waals surface area contributed by atoms with Gasteiger partial charge in [0.25, 0.3) is 5.91 Å². The highest BCUT2D eigenvalue weighted by Crippen LogP contribution is 2.24. The summed E-state index contributed by atoms with van der Waals surface area (Å²) in [5.74, 6) is 0.0675. The third-order valence-corrected chi connectivity index (χ3v) is 5.91. The molecule has 7 nitrogen and oxygen atoms in total. The molecule has 0 saturated carbocycles. The number of fused-ring (bicyclic) bond motifs is 1. The highest BCUT2D eigenvalue weighted by atomic mass is 16.2. The standard InChI is InChI=1S/C17H28N6O/c1-13-16(19-20-23(13)14-5-7-18-8-6-14)17(24)22-11-10-21-9-3-2-4-15(21)12-22/h14-15,18H,2-12H2,1H3. The third kappa shape index (κ3) is 2.95. The Labute approximate surface area is 143 Å². The van der Waals surface area contributed by atoms with Gasteiger partial charge in [0.05, 0.1) is 11.7 Å². The van der Waals surface area contributed by atoms with Gasteiger partial charge in [-0.1, -0.05) is 11.6 Å². The molecule has 1 atom stereocenters. The average molecular weight is 332 g/mol. The van der Waals surface area contributed by atoms with Crippen LogP contribution in [0.5, 0.6) is 0 Å². The van der Waals surface area contributed by atoms with Crippen LogP contribution in [0.2, 0.25) is 0 Å². The molecule has 4 rings (SSSR count). The summed E-state index contributed by atoms with van der Waals surface area (Å²) >= 11 is 0. The molecule has 1 aromatic rings. The summed E-state index contributed by atoms with van der Waals surface area (Å²) < 4.78 is 1.98. The highest BCUT2D eigenvalue weighted by Gasteiger charge is 2.33. The van der Waals surface area contributed by atoms with Gasteiger partial charge in [-0.25, -0.2) is 4.68 Å². The lowest BCUT2D eigenvalue weighted by Crippen LogP contribution is -2.56. The number of carbonyl (C=O) groups is 1. The number of aromatic nitrogens is 3. The molecule has 1 unspecified atom stereocenters. The van der Waals surface area contributed by atoms with Crippen LogP contribution in [0.25, 0.3) is 0 Å². The van der Waals surface area contributed by atoms with E-state index in [0.717, 1.165) is 51.3 Å². The Balaban J connectivity index is 1.47. The molecule has 1 N–H and O–H groups in total. The van der Waals surface area contributed by atoms with E-state index < -0.39 is 0 Å². The van der Waals surface area contributed by atoms with Crippen LogP contribution in [-0.4, -0.2) is 76.0 Å². The number of amides is 1. The number of hydrogen-bond acceptors (Lipinski definition) is 5. The quantitative estimate of drug-likeness (QED) is 0.869. The van der Waals surface area contributed by atoms with Crippen molar-refractivity contribution in [2.45, 2.75) is 51.1 Å². The summed E-state index contributed by atoms with van der Waals surface area (Å²) in [5, 5.41) is 11.9. The monoisotopic (exact) mass is 332 g/mol. The SMILES string of the molecule is Cc1c(C(=O)N2CCN3CCCCC3C2)nnn1C1CCNCC1. The molecule has 4 heterocycles. The molecule has 0 aliphatic carbocycles. The van der Waals surface area contributed by atoms with E-state index in [4.69, 9.17) is 0 Å². The molecule has 0 spiro atoms. The molecular formula is C17H28N6O. The van der Waals surface area contributed by atoms with Crippen LogP contribution in [0, 0.1) is 6.92 Å². The molecule has 0 bridgehead atoms. The first-order chi connectivity index (χ1) is 11.7. The summed E-state index contributed by atoms with van der Waals surface area (Å²) in [4.78, 5) is 17.5. The maximum Gasteiger partial charge on any atom is 0.276 e. The normalized spacial score (nSPS) is 26.4. The lowest BCUT2D eigenvalue weighted by atomic mass is 9.99. The van der Waals surface area contributed by atoms with Gasteiger partial charge < -0.3 is 10.2 Å². The van der Waals surface area contributed by atoms with Crippen molar-refractivity contribution in [1.29, 1.82) is 0 Å². The van der Waals surface area contributed by atoms with Gasteiger partial charge >= 0.3 is 0 Å². The predicted molar refractivity (Wildman–Crippen MR) is 91.0 cm³/mol. The zero-order valence-electron chi connectivity index (χ0n) is 14.6. The molecule has 1 amide bonds. The van der Waals surface area contributed by atoms with Crippen molar-refractivity contribution in [1.82, 2.24) is 30.1 Å². The Morgan fingerprint density at radius 3 is 2.75 bits per heavy atom. The summed E-state index contributed by atoms with van der Waals surface area (Å²) in [5.41, 5.74) is 1.48. The van der Waals surface area contributed by atoms with Crippen LogP contribution in [-0.2, 0) is 0 Å². The number of piperazine rings is 1. The van der Waals surface area contributed by atoms with Crippen molar-refractivity contribution in [2.75, 3.05) is 39.3 Å². The minimum absolute atomic E-state index is 0.0675. The molecule has 7 heteroatoms. The van der Waals surface area contributed by atoms with E-state index in [1.165, 1.54) is 25.8 Å². The Morgan fingerprint density at radius 2 is 1.92 bits per heavy atom. The summed E-state index contributed by atoms with van der Waals surface area (Å²) in [6.45, 7) is 7.86. The molecular weight excluding hydrogens is 304 g/mol. The van der Waals surface area contributed by atoms with Crippen LogP contribution in [0.4, 0.5) is 0 Å². The smallest absolute Gasteiger partial charge is 0.276 e. The fourth-order valence-electron chi connectivity index (χ4n) is 4.43. The van der Waals surface area contributed by atoms with Gasteiger partial charge in [0, 0.05) is 25.7 Å². The van der Waals surface area contributed by atoms with Crippen LogP contribution in [0.15, 0.2) is 0 Å². The maximum absolute atomic E-state index is 13.0. The molecule has 3 aliphatic rings. The van der Waals surface area contributed by atoms with Gasteiger partial charge in [-0.05, 0) is 52.2 Å². The Bertz CT molecular complexity index is 594. The number of piperidine rings is 2. The Hall–Kier alpha value is -1.47. The lowest BCUT2D eigenvalue weighted by Gasteiger charge is -2.43. The predicted octanol–water partition coefficient (Wildman–Crippen LogP) is 0.821. The number of carbonyl (C=O) groups excluding carboxylic acids is 1. The second-order valence-corrected chi connectivity index (χ2v) is 7.39. The van der Waals surface area contributed by atoms with Crippen molar-refractivity contribution < 1.29 is 4.79 Å². The van der Waals surface area contributed by atoms with E-state index in [1.807, 2.05) is 16.5 Å². The third-order valence-electron chi connectivity index (χ3n) is 5.91. The van der Waals surface area contributed by atoms with Crippen LogP contribution >= 0.6 is 0 Å². The summed E-state index contributed by atoms with van der Waals surface area (Å²) in [6.07, 6.45) is 5.91. The molecule has 3 saturated heterocycles. The van der Waals surface area contributed by atoms with Crippen molar-refractivity contribution in [3.63, 3.8) is 0 Å². The summed E-state index contributed by atoms with van der Waals surface area (Å²) in [7, 11) is 0. The van der Waals surface area contributed by atoms with Crippen LogP contribution < -0.4 is 5.32 Å². The van der Waals surface area contributed by atoms with E-state index in [-0.39, 0.29) is 5.91 Å². The first-order valence-corrected chi connectivity index (χ1v) is 9.40. The van der Waals surface area contributed by atoms with E-state index in [2.05, 4.69) is 20.5 Å². The molecule has 132 valence electrons. The van der Waals surface area contributed by atoms with E-state index in [9.17, 15) is 4.79 Å². The minimum atomic E-state index is 0.0675. The number of nitrogens with zero attached hydrogens (tertiary/aromatic N) is 5. The van der Waals surface area contributed by atoms with Gasteiger partial charge in [0.2, 0.25) is 0 Å². The first-order valence-electron chi connectivity index (χ1n) is 9.40. The number of hydrogen-bond donors (Lipinski definition) is 1. The molecule has 1 aromatic heterocycles. The van der Waals surface area contributed by atoms with E-state index in [0.29, 0.717) is 17.8 Å². The Kier molecular flexibility index (Phi) is 4.54. The second-order valence-electron chi connectivity index (χ2n) is 7.39. The van der Waals surface area contributed by atoms with Gasteiger partial charge in [0.1, 0.15) is 0 Å². The van der Waals surface area contributed by atoms with Gasteiger partial charge in [-0.3, -0.25) is 9.69 Å². The molecule has 0 aromatic carbocycles. The highest BCUT2D eigenvalue weighted by molar-refractivity contribution is 5.93.